The van der Waals surface area contributed by atoms with Crippen LogP contribution < -0.4 is 5.32 Å². The molecule has 1 atom stereocenters. The van der Waals surface area contributed by atoms with Gasteiger partial charge in [0.25, 0.3) is 0 Å². The van der Waals surface area contributed by atoms with E-state index in [0.717, 1.165) is 5.03 Å². The first kappa shape index (κ1) is 15.0. The SMILES string of the molecule is C[C@@H](Sc1ccccn1)C(=O)Nc1ccc(Br)cc1F. The molecule has 0 saturated heterocycles. The zero-order valence-electron chi connectivity index (χ0n) is 10.6. The molecular formula is C14H12BrFN2OS. The van der Waals surface area contributed by atoms with Crippen LogP contribution in [0.1, 0.15) is 6.92 Å². The smallest absolute Gasteiger partial charge is 0.237 e. The molecule has 0 radical (unpaired) electrons. The molecular weight excluding hydrogens is 343 g/mol. The molecule has 0 unspecified atom stereocenters. The molecule has 6 heteroatoms. The van der Waals surface area contributed by atoms with Crippen LogP contribution in [0.3, 0.4) is 0 Å². The first-order chi connectivity index (χ1) is 9.56. The molecule has 0 aliphatic rings. The zero-order valence-corrected chi connectivity index (χ0v) is 13.0. The maximum atomic E-state index is 13.6. The molecule has 0 bridgehead atoms. The van der Waals surface area contributed by atoms with Crippen molar-refractivity contribution >= 4 is 39.3 Å². The lowest BCUT2D eigenvalue weighted by molar-refractivity contribution is -0.115. The number of amides is 1. The highest BCUT2D eigenvalue weighted by atomic mass is 79.9. The number of carbonyl (C=O) groups is 1. The Labute approximate surface area is 129 Å². The number of carbonyl (C=O) groups excluding carboxylic acids is 1. The molecule has 2 rings (SSSR count). The Bertz CT molecular complexity index is 609. The van der Waals surface area contributed by atoms with Crippen LogP contribution in [0.5, 0.6) is 0 Å². The van der Waals surface area contributed by atoms with Gasteiger partial charge in [0.15, 0.2) is 0 Å². The summed E-state index contributed by atoms with van der Waals surface area (Å²) in [7, 11) is 0. The van der Waals surface area contributed by atoms with Crippen LogP contribution in [0.15, 0.2) is 52.1 Å². The van der Waals surface area contributed by atoms with E-state index < -0.39 is 5.82 Å². The summed E-state index contributed by atoms with van der Waals surface area (Å²) >= 11 is 4.50. The van der Waals surface area contributed by atoms with Gasteiger partial charge in [-0.05, 0) is 37.3 Å². The molecule has 2 aromatic rings. The second-order valence-corrected chi connectivity index (χ2v) is 6.32. The lowest BCUT2D eigenvalue weighted by Gasteiger charge is -2.12. The predicted molar refractivity (Wildman–Crippen MR) is 82.3 cm³/mol. The third kappa shape index (κ3) is 4.05. The summed E-state index contributed by atoms with van der Waals surface area (Å²) in [6.45, 7) is 1.76. The molecule has 1 aromatic carbocycles. The Morgan fingerprint density at radius 2 is 2.20 bits per heavy atom. The second kappa shape index (κ2) is 6.85. The van der Waals surface area contributed by atoms with Gasteiger partial charge in [0.05, 0.1) is 16.0 Å². The van der Waals surface area contributed by atoms with Gasteiger partial charge in [-0.3, -0.25) is 4.79 Å². The van der Waals surface area contributed by atoms with Crippen LogP contribution in [0, 0.1) is 5.82 Å². The zero-order chi connectivity index (χ0) is 14.5. The summed E-state index contributed by atoms with van der Waals surface area (Å²) in [5.74, 6) is -0.732. The number of rotatable bonds is 4. The highest BCUT2D eigenvalue weighted by Crippen LogP contribution is 2.23. The fourth-order valence-electron chi connectivity index (χ4n) is 1.48. The van der Waals surface area contributed by atoms with Gasteiger partial charge >= 0.3 is 0 Å². The molecule has 20 heavy (non-hydrogen) atoms. The fraction of sp³-hybridized carbons (Fsp3) is 0.143. The largest absolute Gasteiger partial charge is 0.323 e. The Kier molecular flexibility index (Phi) is 5.14. The lowest BCUT2D eigenvalue weighted by atomic mass is 10.3. The molecule has 0 spiro atoms. The minimum Gasteiger partial charge on any atom is -0.323 e. The van der Waals surface area contributed by atoms with Crippen molar-refractivity contribution < 1.29 is 9.18 Å². The number of halogens is 2. The van der Waals surface area contributed by atoms with Crippen LogP contribution in [0.2, 0.25) is 0 Å². The quantitative estimate of drug-likeness (QED) is 0.840. The van der Waals surface area contributed by atoms with Gasteiger partial charge in [-0.15, -0.1) is 0 Å². The molecule has 0 fully saturated rings. The summed E-state index contributed by atoms with van der Waals surface area (Å²) in [4.78, 5) is 16.2. The van der Waals surface area contributed by atoms with Crippen molar-refractivity contribution in [3.8, 4) is 0 Å². The van der Waals surface area contributed by atoms with Gasteiger partial charge in [0.2, 0.25) is 5.91 Å². The molecule has 3 nitrogen and oxygen atoms in total. The van der Waals surface area contributed by atoms with E-state index >= 15 is 0 Å². The maximum Gasteiger partial charge on any atom is 0.237 e. The van der Waals surface area contributed by atoms with E-state index in [2.05, 4.69) is 26.2 Å². The minimum atomic E-state index is -0.470. The van der Waals surface area contributed by atoms with Crippen molar-refractivity contribution in [1.82, 2.24) is 4.98 Å². The van der Waals surface area contributed by atoms with Crippen LogP contribution in [0.25, 0.3) is 0 Å². The Morgan fingerprint density at radius 3 is 2.85 bits per heavy atom. The van der Waals surface area contributed by atoms with E-state index in [4.69, 9.17) is 0 Å². The number of anilines is 1. The number of nitrogens with one attached hydrogen (secondary N) is 1. The van der Waals surface area contributed by atoms with Crippen molar-refractivity contribution in [2.45, 2.75) is 17.2 Å². The van der Waals surface area contributed by atoms with E-state index in [0.29, 0.717) is 4.47 Å². The number of hydrogen-bond donors (Lipinski definition) is 1. The maximum absolute atomic E-state index is 13.6. The van der Waals surface area contributed by atoms with Crippen molar-refractivity contribution in [3.05, 3.63) is 52.9 Å². The molecule has 1 heterocycles. The monoisotopic (exact) mass is 354 g/mol. The number of hydrogen-bond acceptors (Lipinski definition) is 3. The van der Waals surface area contributed by atoms with E-state index in [1.165, 1.54) is 23.9 Å². The standard InChI is InChI=1S/C14H12BrFN2OS/c1-9(20-13-4-2-3-7-17-13)14(19)18-12-6-5-10(15)8-11(12)16/h2-9H,1H3,(H,18,19)/t9-/m1/s1. The second-order valence-electron chi connectivity index (χ2n) is 4.04. The van der Waals surface area contributed by atoms with Gasteiger partial charge in [-0.2, -0.15) is 0 Å². The third-order valence-electron chi connectivity index (χ3n) is 2.49. The van der Waals surface area contributed by atoms with E-state index in [9.17, 15) is 9.18 Å². The van der Waals surface area contributed by atoms with Gasteiger partial charge in [0, 0.05) is 10.7 Å². The lowest BCUT2D eigenvalue weighted by Crippen LogP contribution is -2.23. The molecule has 1 amide bonds. The van der Waals surface area contributed by atoms with E-state index in [1.807, 2.05) is 18.2 Å². The van der Waals surface area contributed by atoms with Crippen molar-refractivity contribution in [2.24, 2.45) is 0 Å². The average Bonchev–Trinajstić information content (AvgIpc) is 2.43. The number of aromatic nitrogens is 1. The topological polar surface area (TPSA) is 42.0 Å². The molecule has 1 aromatic heterocycles. The normalized spacial score (nSPS) is 11.9. The highest BCUT2D eigenvalue weighted by Gasteiger charge is 2.16. The summed E-state index contributed by atoms with van der Waals surface area (Å²) in [5.41, 5.74) is 0.173. The van der Waals surface area contributed by atoms with Crippen LogP contribution >= 0.6 is 27.7 Å². The first-order valence-corrected chi connectivity index (χ1v) is 7.57. The van der Waals surface area contributed by atoms with E-state index in [1.54, 1.807) is 19.2 Å². The number of pyridine rings is 1. The molecule has 0 aliphatic heterocycles. The van der Waals surface area contributed by atoms with Gasteiger partial charge < -0.3 is 5.32 Å². The summed E-state index contributed by atoms with van der Waals surface area (Å²) in [6.07, 6.45) is 1.67. The number of thioether (sulfide) groups is 1. The molecule has 0 saturated carbocycles. The summed E-state index contributed by atoms with van der Waals surface area (Å²) in [6, 6.07) is 10.0. The van der Waals surface area contributed by atoms with Crippen molar-refractivity contribution in [1.29, 1.82) is 0 Å². The summed E-state index contributed by atoms with van der Waals surface area (Å²) in [5, 5.41) is 2.96. The fourth-order valence-corrected chi connectivity index (χ4v) is 2.62. The number of benzene rings is 1. The summed E-state index contributed by atoms with van der Waals surface area (Å²) < 4.78 is 14.3. The van der Waals surface area contributed by atoms with Gasteiger partial charge in [-0.25, -0.2) is 9.37 Å². The van der Waals surface area contributed by atoms with Gasteiger partial charge in [-0.1, -0.05) is 33.8 Å². The van der Waals surface area contributed by atoms with E-state index in [-0.39, 0.29) is 16.8 Å². The van der Waals surface area contributed by atoms with Gasteiger partial charge in [0.1, 0.15) is 5.82 Å². The average molecular weight is 355 g/mol. The Morgan fingerprint density at radius 1 is 1.40 bits per heavy atom. The molecule has 1 N–H and O–H groups in total. The predicted octanol–water partition coefficient (Wildman–Crippen LogP) is 4.10. The van der Waals surface area contributed by atoms with Crippen LogP contribution in [0.4, 0.5) is 10.1 Å². The molecule has 0 aliphatic carbocycles. The van der Waals surface area contributed by atoms with Crippen LogP contribution in [-0.4, -0.2) is 16.1 Å². The number of nitrogens with zero attached hydrogens (tertiary/aromatic N) is 1. The van der Waals surface area contributed by atoms with Crippen molar-refractivity contribution in [2.75, 3.05) is 5.32 Å². The molecule has 104 valence electrons. The van der Waals surface area contributed by atoms with Crippen molar-refractivity contribution in [3.63, 3.8) is 0 Å². The Balaban J connectivity index is 2.01. The third-order valence-corrected chi connectivity index (χ3v) is 4.04. The Hall–Kier alpha value is -1.40. The first-order valence-electron chi connectivity index (χ1n) is 5.90. The highest BCUT2D eigenvalue weighted by molar-refractivity contribution is 9.10. The minimum absolute atomic E-state index is 0.173. The van der Waals surface area contributed by atoms with Crippen LogP contribution in [-0.2, 0) is 4.79 Å².